The van der Waals surface area contributed by atoms with Crippen molar-refractivity contribution in [2.24, 2.45) is 5.92 Å². The largest absolute Gasteiger partial charge is 0.490 e. The Morgan fingerprint density at radius 1 is 0.909 bits per heavy atom. The van der Waals surface area contributed by atoms with E-state index in [-0.39, 0.29) is 17.3 Å². The van der Waals surface area contributed by atoms with Crippen LogP contribution in [-0.2, 0) is 20.3 Å². The lowest BCUT2D eigenvalue weighted by molar-refractivity contribution is 0.144. The molecule has 0 saturated carbocycles. The minimum absolute atomic E-state index is 0.122. The average molecular weight is 467 g/mol. The Balaban J connectivity index is 1.96. The first-order chi connectivity index (χ1) is 15.8. The minimum Gasteiger partial charge on any atom is -0.490 e. The van der Waals surface area contributed by atoms with E-state index in [0.717, 1.165) is 40.7 Å². The minimum atomic E-state index is -4.50. The van der Waals surface area contributed by atoms with Gasteiger partial charge >= 0.3 is 0 Å². The number of methoxy groups -OCH3 is 1. The molecule has 0 fully saturated rings. The lowest BCUT2D eigenvalue weighted by Gasteiger charge is -2.34. The highest BCUT2D eigenvalue weighted by Crippen LogP contribution is 2.55. The Morgan fingerprint density at radius 3 is 2.06 bits per heavy atom. The second kappa shape index (κ2) is 9.29. The van der Waals surface area contributed by atoms with E-state index in [1.807, 2.05) is 30.3 Å². The van der Waals surface area contributed by atoms with Crippen LogP contribution in [0.15, 0.2) is 71.6 Å². The lowest BCUT2D eigenvalue weighted by atomic mass is 9.68. The van der Waals surface area contributed by atoms with Crippen molar-refractivity contribution in [3.8, 4) is 16.9 Å². The van der Waals surface area contributed by atoms with Gasteiger partial charge in [-0.3, -0.25) is 4.55 Å². The van der Waals surface area contributed by atoms with Crippen LogP contribution in [0.25, 0.3) is 11.1 Å². The topological polar surface area (TPSA) is 72.8 Å². The molecular formula is C27H30O5S. The first-order valence-electron chi connectivity index (χ1n) is 11.2. The monoisotopic (exact) mass is 466 g/mol. The van der Waals surface area contributed by atoms with E-state index < -0.39 is 15.5 Å². The van der Waals surface area contributed by atoms with Gasteiger partial charge in [0.2, 0.25) is 0 Å². The molecule has 0 spiro atoms. The molecule has 1 N–H and O–H groups in total. The zero-order valence-corrected chi connectivity index (χ0v) is 20.1. The molecular weight excluding hydrogens is 436 g/mol. The third-order valence-electron chi connectivity index (χ3n) is 6.42. The summed E-state index contributed by atoms with van der Waals surface area (Å²) in [5.74, 6) is 0.594. The second-order valence-electron chi connectivity index (χ2n) is 8.91. The van der Waals surface area contributed by atoms with Gasteiger partial charge in [-0.05, 0) is 58.7 Å². The van der Waals surface area contributed by atoms with Gasteiger partial charge < -0.3 is 9.47 Å². The van der Waals surface area contributed by atoms with Crippen molar-refractivity contribution in [1.82, 2.24) is 0 Å². The lowest BCUT2D eigenvalue weighted by Crippen LogP contribution is -2.28. The van der Waals surface area contributed by atoms with Crippen molar-refractivity contribution < 1.29 is 22.4 Å². The van der Waals surface area contributed by atoms with E-state index in [9.17, 15) is 13.0 Å². The van der Waals surface area contributed by atoms with Crippen LogP contribution in [0.4, 0.5) is 0 Å². The maximum absolute atomic E-state index is 12.4. The molecule has 5 nitrogen and oxygen atoms in total. The van der Waals surface area contributed by atoms with Crippen LogP contribution in [0, 0.1) is 5.92 Å². The summed E-state index contributed by atoms with van der Waals surface area (Å²) in [6, 6.07) is 21.8. The molecule has 6 heteroatoms. The molecule has 33 heavy (non-hydrogen) atoms. The van der Waals surface area contributed by atoms with Gasteiger partial charge in [-0.25, -0.2) is 0 Å². The number of benzene rings is 3. The summed E-state index contributed by atoms with van der Waals surface area (Å²) < 4.78 is 45.4. The van der Waals surface area contributed by atoms with Crippen molar-refractivity contribution in [2.75, 3.05) is 20.3 Å². The molecule has 0 aromatic heterocycles. The molecule has 0 aliphatic heterocycles. The van der Waals surface area contributed by atoms with Gasteiger partial charge in [-0.2, -0.15) is 8.42 Å². The first kappa shape index (κ1) is 23.5. The highest BCUT2D eigenvalue weighted by atomic mass is 32.2. The highest BCUT2D eigenvalue weighted by Gasteiger charge is 2.44. The summed E-state index contributed by atoms with van der Waals surface area (Å²) in [7, 11) is -2.96. The van der Waals surface area contributed by atoms with Gasteiger partial charge in [0.25, 0.3) is 10.1 Å². The molecule has 0 heterocycles. The van der Waals surface area contributed by atoms with Gasteiger partial charge in [0.05, 0.1) is 6.61 Å². The Bertz CT molecular complexity index is 1200. The SMILES string of the molecule is COCCOc1ccc(C2(CCC(C)C)c3ccccc3-c3ccccc32)cc1S(=O)(=O)O. The summed E-state index contributed by atoms with van der Waals surface area (Å²) in [6.07, 6.45) is 1.77. The molecule has 0 saturated heterocycles. The predicted molar refractivity (Wildman–Crippen MR) is 129 cm³/mol. The zero-order chi connectivity index (χ0) is 23.6. The summed E-state index contributed by atoms with van der Waals surface area (Å²) in [5, 5.41) is 0. The van der Waals surface area contributed by atoms with Crippen LogP contribution < -0.4 is 4.74 Å². The second-order valence-corrected chi connectivity index (χ2v) is 10.3. The molecule has 0 radical (unpaired) electrons. The fourth-order valence-electron chi connectivity index (χ4n) is 4.88. The third kappa shape index (κ3) is 4.31. The molecule has 0 amide bonds. The van der Waals surface area contributed by atoms with Crippen molar-refractivity contribution in [1.29, 1.82) is 0 Å². The summed E-state index contributed by atoms with van der Waals surface area (Å²) in [6.45, 7) is 4.88. The molecule has 0 atom stereocenters. The summed E-state index contributed by atoms with van der Waals surface area (Å²) in [5.41, 5.74) is 4.92. The van der Waals surface area contributed by atoms with Gasteiger partial charge in [0.1, 0.15) is 17.3 Å². The molecule has 174 valence electrons. The van der Waals surface area contributed by atoms with Crippen LogP contribution in [0.2, 0.25) is 0 Å². The van der Waals surface area contributed by atoms with Crippen LogP contribution in [0.5, 0.6) is 5.75 Å². The van der Waals surface area contributed by atoms with Crippen LogP contribution >= 0.6 is 0 Å². The van der Waals surface area contributed by atoms with E-state index in [0.29, 0.717) is 12.5 Å². The number of hydrogen-bond donors (Lipinski definition) is 1. The molecule has 1 aliphatic rings. The fourth-order valence-corrected chi connectivity index (χ4v) is 5.54. The van der Waals surface area contributed by atoms with E-state index in [2.05, 4.69) is 38.1 Å². The Morgan fingerprint density at radius 2 is 1.52 bits per heavy atom. The van der Waals surface area contributed by atoms with Crippen molar-refractivity contribution in [3.05, 3.63) is 83.4 Å². The van der Waals surface area contributed by atoms with E-state index >= 15 is 0 Å². The number of hydrogen-bond acceptors (Lipinski definition) is 4. The smallest absolute Gasteiger partial charge is 0.298 e. The fraction of sp³-hybridized carbons (Fsp3) is 0.333. The van der Waals surface area contributed by atoms with Gasteiger partial charge in [-0.1, -0.05) is 68.4 Å². The average Bonchev–Trinajstić information content (AvgIpc) is 3.08. The molecule has 4 rings (SSSR count). The summed E-state index contributed by atoms with van der Waals surface area (Å²) >= 11 is 0. The van der Waals surface area contributed by atoms with Crippen LogP contribution in [0.1, 0.15) is 43.4 Å². The number of rotatable bonds is 9. The predicted octanol–water partition coefficient (Wildman–Crippen LogP) is 5.71. The standard InChI is InChI=1S/C27H30O5S/c1-19(2)14-15-27(23-10-6-4-8-21(23)22-9-5-7-11-24(22)27)20-12-13-25(32-17-16-31-3)26(18-20)33(28,29)30/h4-13,18-19H,14-17H2,1-3H3,(H,28,29,30). The summed E-state index contributed by atoms with van der Waals surface area (Å²) in [4.78, 5) is -0.220. The van der Waals surface area contributed by atoms with E-state index in [4.69, 9.17) is 9.47 Å². The Labute approximate surface area is 196 Å². The molecule has 3 aromatic rings. The molecule has 1 aliphatic carbocycles. The van der Waals surface area contributed by atoms with Gasteiger partial charge in [-0.15, -0.1) is 0 Å². The quantitative estimate of drug-likeness (QED) is 0.323. The third-order valence-corrected chi connectivity index (χ3v) is 7.29. The van der Waals surface area contributed by atoms with Crippen molar-refractivity contribution in [3.63, 3.8) is 0 Å². The van der Waals surface area contributed by atoms with Crippen molar-refractivity contribution >= 4 is 10.1 Å². The van der Waals surface area contributed by atoms with Crippen LogP contribution in [-0.4, -0.2) is 33.3 Å². The van der Waals surface area contributed by atoms with Gasteiger partial charge in [0.15, 0.2) is 0 Å². The molecule has 3 aromatic carbocycles. The molecule has 0 bridgehead atoms. The van der Waals surface area contributed by atoms with E-state index in [1.54, 1.807) is 19.2 Å². The Kier molecular flexibility index (Phi) is 6.61. The van der Waals surface area contributed by atoms with Crippen LogP contribution in [0.3, 0.4) is 0 Å². The van der Waals surface area contributed by atoms with E-state index in [1.165, 1.54) is 0 Å². The maximum Gasteiger partial charge on any atom is 0.298 e. The first-order valence-corrected chi connectivity index (χ1v) is 12.7. The normalized spacial score (nSPS) is 14.2. The Hall–Kier alpha value is -2.67. The maximum atomic E-state index is 12.4. The highest BCUT2D eigenvalue weighted by molar-refractivity contribution is 7.86. The molecule has 0 unspecified atom stereocenters. The van der Waals surface area contributed by atoms with Gasteiger partial charge in [0, 0.05) is 12.5 Å². The number of fused-ring (bicyclic) bond motifs is 3. The zero-order valence-electron chi connectivity index (χ0n) is 19.2. The number of ether oxygens (including phenoxy) is 2. The van der Waals surface area contributed by atoms with Crippen molar-refractivity contribution in [2.45, 2.75) is 37.0 Å².